The molecule has 0 spiro atoms. The lowest BCUT2D eigenvalue weighted by molar-refractivity contribution is -0.122. The predicted molar refractivity (Wildman–Crippen MR) is 91.1 cm³/mol. The van der Waals surface area contributed by atoms with Crippen molar-refractivity contribution in [3.63, 3.8) is 0 Å². The van der Waals surface area contributed by atoms with E-state index in [-0.39, 0.29) is 30.8 Å². The van der Waals surface area contributed by atoms with Crippen LogP contribution < -0.4 is 5.32 Å². The lowest BCUT2D eigenvalue weighted by Gasteiger charge is -2.17. The van der Waals surface area contributed by atoms with E-state index in [4.69, 9.17) is 9.47 Å². The van der Waals surface area contributed by atoms with Crippen molar-refractivity contribution in [3.8, 4) is 0 Å². The number of rotatable bonds is 5. The summed E-state index contributed by atoms with van der Waals surface area (Å²) in [5, 5.41) is 12.7. The van der Waals surface area contributed by atoms with Crippen LogP contribution >= 0.6 is 0 Å². The first-order chi connectivity index (χ1) is 12.2. The minimum absolute atomic E-state index is 0.0425. The number of imidazole rings is 1. The molecule has 2 saturated heterocycles. The number of carbonyl (C=O) groups is 1. The first kappa shape index (κ1) is 16.5. The van der Waals surface area contributed by atoms with E-state index in [9.17, 15) is 9.90 Å². The molecule has 4 atom stereocenters. The lowest BCUT2D eigenvalue weighted by atomic mass is 10.1. The average Bonchev–Trinajstić information content (AvgIpc) is 3.28. The molecule has 1 aromatic heterocycles. The largest absolute Gasteiger partial charge is 0.388 e. The fourth-order valence-corrected chi connectivity index (χ4v) is 3.74. The first-order valence-corrected chi connectivity index (χ1v) is 8.82. The fraction of sp³-hybridized carbons (Fsp3) is 0.556. The second-order valence-corrected chi connectivity index (χ2v) is 6.61. The van der Waals surface area contributed by atoms with Gasteiger partial charge in [0.15, 0.2) is 0 Å². The molecule has 0 aliphatic carbocycles. The molecule has 1 amide bonds. The van der Waals surface area contributed by atoms with E-state index in [0.29, 0.717) is 19.6 Å². The Morgan fingerprint density at radius 2 is 2.12 bits per heavy atom. The summed E-state index contributed by atoms with van der Waals surface area (Å²) < 4.78 is 13.2. The zero-order valence-electron chi connectivity index (χ0n) is 14.2. The summed E-state index contributed by atoms with van der Waals surface area (Å²) in [6, 6.07) is 7.78. The van der Waals surface area contributed by atoms with Gasteiger partial charge in [-0.2, -0.15) is 0 Å². The Balaban J connectivity index is 1.40. The van der Waals surface area contributed by atoms with Crippen LogP contribution in [0.5, 0.6) is 0 Å². The van der Waals surface area contributed by atoms with Crippen LogP contribution in [0.3, 0.4) is 0 Å². The molecule has 2 N–H and O–H groups in total. The summed E-state index contributed by atoms with van der Waals surface area (Å²) >= 11 is 0. The van der Waals surface area contributed by atoms with Crippen LogP contribution in [0.1, 0.15) is 19.2 Å². The van der Waals surface area contributed by atoms with Gasteiger partial charge in [0.05, 0.1) is 30.3 Å². The summed E-state index contributed by atoms with van der Waals surface area (Å²) in [4.78, 5) is 17.0. The van der Waals surface area contributed by atoms with Crippen LogP contribution in [-0.4, -0.2) is 58.1 Å². The molecule has 4 rings (SSSR count). The monoisotopic (exact) mass is 345 g/mol. The maximum atomic E-state index is 12.4. The van der Waals surface area contributed by atoms with Crippen LogP contribution in [-0.2, 0) is 27.2 Å². The topological polar surface area (TPSA) is 85.6 Å². The van der Waals surface area contributed by atoms with E-state index in [0.717, 1.165) is 23.3 Å². The highest BCUT2D eigenvalue weighted by Crippen LogP contribution is 2.27. The van der Waals surface area contributed by atoms with Crippen molar-refractivity contribution in [2.24, 2.45) is 0 Å². The normalized spacial score (nSPS) is 28.4. The number of benzene rings is 1. The molecule has 7 heteroatoms. The van der Waals surface area contributed by atoms with Gasteiger partial charge in [-0.15, -0.1) is 0 Å². The highest BCUT2D eigenvalue weighted by Gasteiger charge is 2.47. The molecule has 0 saturated carbocycles. The third-order valence-corrected chi connectivity index (χ3v) is 4.99. The first-order valence-electron chi connectivity index (χ1n) is 8.82. The number of aryl methyl sites for hydroxylation is 2. The van der Waals surface area contributed by atoms with E-state index in [2.05, 4.69) is 21.8 Å². The van der Waals surface area contributed by atoms with Gasteiger partial charge in [-0.25, -0.2) is 4.98 Å². The Kier molecular flexibility index (Phi) is 4.45. The number of ether oxygens (including phenoxy) is 2. The molecule has 0 radical (unpaired) electrons. The standard InChI is InChI=1S/C18H23N3O4/c1-2-15-19-11-5-3-4-6-13(11)21(15)8-7-16(23)20-12-9-24-18-14(22)10-25-17(12)18/h3-6,12,14,17-18,22H,2,7-10H2,1H3,(H,20,23)/t12-,14+,17+,18+/m0/s1. The molecule has 2 aromatic rings. The van der Waals surface area contributed by atoms with Crippen molar-refractivity contribution < 1.29 is 19.4 Å². The number of nitrogens with one attached hydrogen (secondary N) is 1. The Labute approximate surface area is 145 Å². The number of aromatic nitrogens is 2. The number of aliphatic hydroxyl groups is 1. The van der Waals surface area contributed by atoms with Crippen molar-refractivity contribution in [2.45, 2.75) is 50.7 Å². The summed E-state index contributed by atoms with van der Waals surface area (Å²) in [6.07, 6.45) is 0.0108. The highest BCUT2D eigenvalue weighted by molar-refractivity contribution is 5.78. The fourth-order valence-electron chi connectivity index (χ4n) is 3.74. The van der Waals surface area contributed by atoms with Crippen molar-refractivity contribution in [3.05, 3.63) is 30.1 Å². The number of aliphatic hydroxyl groups excluding tert-OH is 1. The second-order valence-electron chi connectivity index (χ2n) is 6.61. The highest BCUT2D eigenvalue weighted by atomic mass is 16.6. The minimum atomic E-state index is -0.601. The van der Waals surface area contributed by atoms with Gasteiger partial charge >= 0.3 is 0 Å². The molecule has 3 heterocycles. The molecule has 2 aliphatic rings. The van der Waals surface area contributed by atoms with Gasteiger partial charge in [-0.05, 0) is 12.1 Å². The Morgan fingerprint density at radius 1 is 1.32 bits per heavy atom. The zero-order chi connectivity index (χ0) is 17.4. The van der Waals surface area contributed by atoms with E-state index in [1.807, 2.05) is 24.3 Å². The zero-order valence-corrected chi connectivity index (χ0v) is 14.2. The van der Waals surface area contributed by atoms with Crippen LogP contribution in [0.4, 0.5) is 0 Å². The number of hydrogen-bond donors (Lipinski definition) is 2. The van der Waals surface area contributed by atoms with E-state index >= 15 is 0 Å². The quantitative estimate of drug-likeness (QED) is 0.830. The molecule has 0 bridgehead atoms. The maximum absolute atomic E-state index is 12.4. The van der Waals surface area contributed by atoms with Gasteiger partial charge in [0.2, 0.25) is 5.91 Å². The van der Waals surface area contributed by atoms with Gasteiger partial charge < -0.3 is 24.5 Å². The van der Waals surface area contributed by atoms with Gasteiger partial charge in [-0.3, -0.25) is 4.79 Å². The van der Waals surface area contributed by atoms with E-state index in [1.54, 1.807) is 0 Å². The number of para-hydroxylation sites is 2. The summed E-state index contributed by atoms with van der Waals surface area (Å²) in [5.41, 5.74) is 2.01. The summed E-state index contributed by atoms with van der Waals surface area (Å²) in [5.74, 6) is 0.944. The number of carbonyl (C=O) groups excluding carboxylic acids is 1. The van der Waals surface area contributed by atoms with Crippen molar-refractivity contribution in [1.82, 2.24) is 14.9 Å². The number of amides is 1. The second kappa shape index (κ2) is 6.74. The molecule has 25 heavy (non-hydrogen) atoms. The molecular formula is C18H23N3O4. The molecule has 134 valence electrons. The molecule has 0 unspecified atom stereocenters. The van der Waals surface area contributed by atoms with Gasteiger partial charge in [0.25, 0.3) is 0 Å². The van der Waals surface area contributed by atoms with E-state index < -0.39 is 6.10 Å². The van der Waals surface area contributed by atoms with Crippen LogP contribution in [0, 0.1) is 0 Å². The van der Waals surface area contributed by atoms with Crippen molar-refractivity contribution in [1.29, 1.82) is 0 Å². The molecular weight excluding hydrogens is 322 g/mol. The smallest absolute Gasteiger partial charge is 0.222 e. The van der Waals surface area contributed by atoms with Crippen LogP contribution in [0.15, 0.2) is 24.3 Å². The molecule has 7 nitrogen and oxygen atoms in total. The third-order valence-electron chi connectivity index (χ3n) is 4.99. The van der Waals surface area contributed by atoms with Crippen molar-refractivity contribution in [2.75, 3.05) is 13.2 Å². The maximum Gasteiger partial charge on any atom is 0.222 e. The third kappa shape index (κ3) is 3.03. The lowest BCUT2D eigenvalue weighted by Crippen LogP contribution is -2.44. The Hall–Kier alpha value is -1.96. The van der Waals surface area contributed by atoms with Gasteiger partial charge in [0.1, 0.15) is 24.1 Å². The van der Waals surface area contributed by atoms with Crippen molar-refractivity contribution >= 4 is 16.9 Å². The summed E-state index contributed by atoms with van der Waals surface area (Å²) in [6.45, 7) is 3.30. The van der Waals surface area contributed by atoms with E-state index in [1.165, 1.54) is 0 Å². The van der Waals surface area contributed by atoms with Crippen LogP contribution in [0.2, 0.25) is 0 Å². The van der Waals surface area contributed by atoms with Gasteiger partial charge in [0, 0.05) is 19.4 Å². The minimum Gasteiger partial charge on any atom is -0.388 e. The molecule has 2 aliphatic heterocycles. The molecule has 2 fully saturated rings. The number of nitrogens with zero attached hydrogens (tertiary/aromatic N) is 2. The molecule has 1 aromatic carbocycles. The Morgan fingerprint density at radius 3 is 2.96 bits per heavy atom. The SMILES string of the molecule is CCc1nc2ccccc2n1CCC(=O)N[C@H]1CO[C@H]2[C@@H]1OC[C@H]2O. The average molecular weight is 345 g/mol. The number of fused-ring (bicyclic) bond motifs is 2. The van der Waals surface area contributed by atoms with Gasteiger partial charge in [-0.1, -0.05) is 19.1 Å². The Bertz CT molecular complexity index is 775. The summed E-state index contributed by atoms with van der Waals surface area (Å²) in [7, 11) is 0. The predicted octanol–water partition coefficient (Wildman–Crippen LogP) is 0.632. The number of hydrogen-bond acceptors (Lipinski definition) is 5. The van der Waals surface area contributed by atoms with Crippen LogP contribution in [0.25, 0.3) is 11.0 Å².